The van der Waals surface area contributed by atoms with Gasteiger partial charge in [0.05, 0.1) is 11.4 Å². The molecule has 0 saturated heterocycles. The highest BCUT2D eigenvalue weighted by Crippen LogP contribution is 2.53. The summed E-state index contributed by atoms with van der Waals surface area (Å²) in [5.41, 5.74) is 12.7. The smallest absolute Gasteiger partial charge is 0.160 e. The Labute approximate surface area is 318 Å². The Morgan fingerprint density at radius 1 is 0.426 bits per heavy atom. The molecule has 11 rings (SSSR count). The molecule has 3 heteroatoms. The largest absolute Gasteiger partial charge is 0.228 e. The van der Waals surface area contributed by atoms with Gasteiger partial charge in [0.15, 0.2) is 5.82 Å². The maximum atomic E-state index is 5.30. The molecular formula is C51H34N2S. The highest BCUT2D eigenvalue weighted by atomic mass is 32.1. The van der Waals surface area contributed by atoms with Crippen LogP contribution in [0.15, 0.2) is 170 Å². The Balaban J connectivity index is 1.07. The van der Waals surface area contributed by atoms with Crippen molar-refractivity contribution in [1.29, 1.82) is 0 Å². The Bertz CT molecular complexity index is 3130. The van der Waals surface area contributed by atoms with E-state index in [1.54, 1.807) is 0 Å². The summed E-state index contributed by atoms with van der Waals surface area (Å²) in [4.78, 5) is 10.5. The van der Waals surface area contributed by atoms with Crippen LogP contribution < -0.4 is 0 Å². The van der Waals surface area contributed by atoms with Crippen molar-refractivity contribution in [2.24, 2.45) is 0 Å². The van der Waals surface area contributed by atoms with Gasteiger partial charge in [-0.3, -0.25) is 0 Å². The number of rotatable bonds is 4. The molecule has 0 radical (unpaired) electrons. The third-order valence-corrected chi connectivity index (χ3v) is 12.6. The van der Waals surface area contributed by atoms with Crippen molar-refractivity contribution in [3.8, 4) is 56.2 Å². The molecule has 54 heavy (non-hydrogen) atoms. The normalized spacial score (nSPS) is 13.1. The van der Waals surface area contributed by atoms with Crippen LogP contribution in [0, 0.1) is 0 Å². The number of hydrogen-bond donors (Lipinski definition) is 0. The van der Waals surface area contributed by atoms with Gasteiger partial charge >= 0.3 is 0 Å². The highest BCUT2D eigenvalue weighted by molar-refractivity contribution is 7.25. The third-order valence-electron chi connectivity index (χ3n) is 11.4. The van der Waals surface area contributed by atoms with Crippen molar-refractivity contribution in [2.45, 2.75) is 19.3 Å². The predicted octanol–water partition coefficient (Wildman–Crippen LogP) is 14.1. The average molecular weight is 707 g/mol. The first kappa shape index (κ1) is 31.1. The number of benzene rings is 8. The first-order valence-corrected chi connectivity index (χ1v) is 19.4. The standard InChI is InChI=1S/C51H34N2S/c1-51(2)42-19-10-18-39(48(42)41-28-32-14-6-7-15-33(32)29-43(41)51)45-30-44(52-50(53-45)31-12-4-3-5-13-31)37-25-23-34-26-36(24-22-35(34)27-37)38-17-11-21-47-49(38)40-16-8-9-20-46(40)54-47/h3-30H,1-2H3. The lowest BCUT2D eigenvalue weighted by Gasteiger charge is -2.22. The van der Waals surface area contributed by atoms with E-state index in [-0.39, 0.29) is 5.41 Å². The molecule has 0 fully saturated rings. The molecule has 0 N–H and O–H groups in total. The molecule has 1 aliphatic carbocycles. The Kier molecular flexibility index (Phi) is 6.80. The Morgan fingerprint density at radius 3 is 1.93 bits per heavy atom. The minimum absolute atomic E-state index is 0.137. The monoisotopic (exact) mass is 706 g/mol. The second-order valence-electron chi connectivity index (χ2n) is 15.0. The zero-order chi connectivity index (χ0) is 36.0. The van der Waals surface area contributed by atoms with E-state index in [0.29, 0.717) is 0 Å². The fourth-order valence-corrected chi connectivity index (χ4v) is 9.86. The van der Waals surface area contributed by atoms with E-state index in [1.165, 1.54) is 75.1 Å². The van der Waals surface area contributed by atoms with E-state index < -0.39 is 0 Å². The zero-order valence-electron chi connectivity index (χ0n) is 30.0. The van der Waals surface area contributed by atoms with Gasteiger partial charge in [-0.15, -0.1) is 11.3 Å². The topological polar surface area (TPSA) is 25.8 Å². The molecule has 0 spiro atoms. The van der Waals surface area contributed by atoms with Crippen molar-refractivity contribution in [2.75, 3.05) is 0 Å². The summed E-state index contributed by atoms with van der Waals surface area (Å²) in [7, 11) is 0. The van der Waals surface area contributed by atoms with Gasteiger partial charge in [-0.05, 0) is 97.4 Å². The van der Waals surface area contributed by atoms with E-state index in [0.717, 1.165) is 33.9 Å². The second kappa shape index (κ2) is 11.8. The van der Waals surface area contributed by atoms with Gasteiger partial charge in [0.25, 0.3) is 0 Å². The summed E-state index contributed by atoms with van der Waals surface area (Å²) in [6.07, 6.45) is 0. The number of fused-ring (bicyclic) bond motifs is 8. The van der Waals surface area contributed by atoms with Crippen LogP contribution in [0.25, 0.3) is 97.9 Å². The number of thiophene rings is 1. The predicted molar refractivity (Wildman–Crippen MR) is 229 cm³/mol. The summed E-state index contributed by atoms with van der Waals surface area (Å²) in [5, 5.41) is 7.57. The van der Waals surface area contributed by atoms with Crippen molar-refractivity contribution < 1.29 is 0 Å². The molecule has 2 nitrogen and oxygen atoms in total. The molecular weight excluding hydrogens is 673 g/mol. The van der Waals surface area contributed by atoms with Crippen molar-refractivity contribution >= 4 is 53.1 Å². The van der Waals surface area contributed by atoms with Gasteiger partial charge in [-0.2, -0.15) is 0 Å². The van der Waals surface area contributed by atoms with Gasteiger partial charge in [0.1, 0.15) is 0 Å². The lowest BCUT2D eigenvalue weighted by atomic mass is 9.81. The molecule has 1 aliphatic rings. The fraction of sp³-hybridized carbons (Fsp3) is 0.0588. The van der Waals surface area contributed by atoms with Gasteiger partial charge in [0, 0.05) is 42.3 Å². The van der Waals surface area contributed by atoms with Crippen molar-refractivity contribution in [1.82, 2.24) is 9.97 Å². The maximum Gasteiger partial charge on any atom is 0.160 e. The zero-order valence-corrected chi connectivity index (χ0v) is 30.8. The summed E-state index contributed by atoms with van der Waals surface area (Å²) < 4.78 is 2.65. The number of hydrogen-bond acceptors (Lipinski definition) is 3. The minimum atomic E-state index is -0.137. The van der Waals surface area contributed by atoms with Crippen LogP contribution in [0.1, 0.15) is 25.0 Å². The van der Waals surface area contributed by atoms with Crippen molar-refractivity contribution in [3.63, 3.8) is 0 Å². The second-order valence-corrected chi connectivity index (χ2v) is 16.1. The van der Waals surface area contributed by atoms with Crippen LogP contribution in [0.3, 0.4) is 0 Å². The van der Waals surface area contributed by atoms with Gasteiger partial charge in [-0.1, -0.05) is 141 Å². The lowest BCUT2D eigenvalue weighted by Crippen LogP contribution is -2.14. The number of aromatic nitrogens is 2. The summed E-state index contributed by atoms with van der Waals surface area (Å²) >= 11 is 1.86. The lowest BCUT2D eigenvalue weighted by molar-refractivity contribution is 0.661. The average Bonchev–Trinajstić information content (AvgIpc) is 3.71. The third kappa shape index (κ3) is 4.79. The summed E-state index contributed by atoms with van der Waals surface area (Å²) in [6.45, 7) is 4.70. The molecule has 2 aromatic heterocycles. The highest BCUT2D eigenvalue weighted by Gasteiger charge is 2.37. The van der Waals surface area contributed by atoms with Crippen LogP contribution >= 0.6 is 11.3 Å². The molecule has 0 atom stereocenters. The molecule has 0 unspecified atom stereocenters. The molecule has 2 heterocycles. The van der Waals surface area contributed by atoms with Crippen LogP contribution in [0.2, 0.25) is 0 Å². The van der Waals surface area contributed by atoms with E-state index >= 15 is 0 Å². The van der Waals surface area contributed by atoms with Crippen LogP contribution in [0.4, 0.5) is 0 Å². The van der Waals surface area contributed by atoms with Crippen LogP contribution in [-0.2, 0) is 5.41 Å². The maximum absolute atomic E-state index is 5.30. The van der Waals surface area contributed by atoms with Gasteiger partial charge < -0.3 is 0 Å². The molecule has 254 valence electrons. The Hall–Kier alpha value is -6.42. The first-order valence-electron chi connectivity index (χ1n) is 18.6. The molecule has 0 aliphatic heterocycles. The van der Waals surface area contributed by atoms with Gasteiger partial charge in [-0.25, -0.2) is 9.97 Å². The summed E-state index contributed by atoms with van der Waals surface area (Å²) in [5.74, 6) is 0.725. The van der Waals surface area contributed by atoms with Gasteiger partial charge in [0.2, 0.25) is 0 Å². The quantitative estimate of drug-likeness (QED) is 0.182. The van der Waals surface area contributed by atoms with E-state index in [1.807, 2.05) is 17.4 Å². The molecule has 10 aromatic rings. The van der Waals surface area contributed by atoms with Crippen LogP contribution in [-0.4, -0.2) is 9.97 Å². The minimum Gasteiger partial charge on any atom is -0.228 e. The molecule has 8 aromatic carbocycles. The summed E-state index contributed by atoms with van der Waals surface area (Å²) in [6, 6.07) is 61.7. The Morgan fingerprint density at radius 2 is 1.07 bits per heavy atom. The van der Waals surface area contributed by atoms with E-state index in [4.69, 9.17) is 9.97 Å². The fourth-order valence-electron chi connectivity index (χ4n) is 8.72. The molecule has 0 saturated carbocycles. The molecule has 0 amide bonds. The SMILES string of the molecule is CC1(C)c2cc3ccccc3cc2-c2c(-c3cc(-c4ccc5cc(-c6cccc7sc8ccccc8c67)ccc5c4)nc(-c4ccccc4)n3)cccc21. The molecule has 0 bridgehead atoms. The number of nitrogens with zero attached hydrogens (tertiary/aromatic N) is 2. The first-order chi connectivity index (χ1) is 26.5. The van der Waals surface area contributed by atoms with Crippen LogP contribution in [0.5, 0.6) is 0 Å². The van der Waals surface area contributed by atoms with Crippen molar-refractivity contribution in [3.05, 3.63) is 181 Å². The van der Waals surface area contributed by atoms with E-state index in [9.17, 15) is 0 Å². The van der Waals surface area contributed by atoms with E-state index in [2.05, 4.69) is 178 Å².